The number of piperazine rings is 1. The fraction of sp³-hybridized carbons (Fsp3) is 0.462. The first-order valence-corrected chi connectivity index (χ1v) is 8.07. The monoisotopic (exact) mass is 313 g/mol. The van der Waals surface area contributed by atoms with Crippen LogP contribution in [0.4, 0.5) is 4.79 Å². The van der Waals surface area contributed by atoms with Crippen LogP contribution in [-0.2, 0) is 21.6 Å². The van der Waals surface area contributed by atoms with E-state index in [9.17, 15) is 13.2 Å². The highest BCUT2D eigenvalue weighted by Crippen LogP contribution is 2.10. The van der Waals surface area contributed by atoms with Crippen molar-refractivity contribution >= 4 is 16.3 Å². The van der Waals surface area contributed by atoms with Crippen LogP contribution in [0, 0.1) is 0 Å². The number of carbonyl (C=O) groups is 1. The Hall–Kier alpha value is -1.64. The Kier molecular flexibility index (Phi) is 5.16. The normalized spacial score (nSPS) is 16.4. The van der Waals surface area contributed by atoms with Gasteiger partial charge in [-0.15, -0.1) is 0 Å². The molecular weight excluding hydrogens is 294 g/mol. The number of carbonyl (C=O) groups excluding carboxylic acids is 1. The van der Waals surface area contributed by atoms with Crippen LogP contribution in [0.1, 0.15) is 5.56 Å². The summed E-state index contributed by atoms with van der Waals surface area (Å²) in [5.41, 5.74) is 0.804. The van der Waals surface area contributed by atoms with E-state index < -0.39 is 16.3 Å². The van der Waals surface area contributed by atoms with E-state index >= 15 is 0 Å². The number of ether oxygens (including phenoxy) is 1. The van der Waals surface area contributed by atoms with Crippen molar-refractivity contribution in [2.75, 3.05) is 33.2 Å². The average molecular weight is 313 g/mol. The summed E-state index contributed by atoms with van der Waals surface area (Å²) in [5.74, 6) is 0. The molecular formula is C13H19N3O4S. The van der Waals surface area contributed by atoms with Crippen LogP contribution >= 0.6 is 0 Å². The van der Waals surface area contributed by atoms with Gasteiger partial charge in [-0.2, -0.15) is 17.0 Å². The summed E-state index contributed by atoms with van der Waals surface area (Å²) in [6.07, 6.45) is -0.877. The van der Waals surface area contributed by atoms with E-state index in [1.807, 2.05) is 18.2 Å². The molecule has 1 fully saturated rings. The van der Waals surface area contributed by atoms with Gasteiger partial charge in [0.25, 0.3) is 0 Å². The highest BCUT2D eigenvalue weighted by molar-refractivity contribution is 7.87. The van der Waals surface area contributed by atoms with E-state index in [0.717, 1.165) is 5.56 Å². The molecule has 0 atom stereocenters. The Labute approximate surface area is 124 Å². The highest BCUT2D eigenvalue weighted by atomic mass is 32.2. The molecule has 1 aliphatic heterocycles. The van der Waals surface area contributed by atoms with E-state index in [1.165, 1.54) is 11.4 Å². The largest absolute Gasteiger partial charge is 0.444 e. The van der Waals surface area contributed by atoms with Gasteiger partial charge in [0.1, 0.15) is 6.61 Å². The summed E-state index contributed by atoms with van der Waals surface area (Å²) >= 11 is 0. The third-order valence-corrected chi connectivity index (χ3v) is 5.07. The Morgan fingerprint density at radius 2 is 1.90 bits per heavy atom. The van der Waals surface area contributed by atoms with Gasteiger partial charge in [-0.3, -0.25) is 0 Å². The molecule has 1 heterocycles. The zero-order valence-electron chi connectivity index (χ0n) is 11.9. The zero-order valence-corrected chi connectivity index (χ0v) is 12.7. The Bertz CT molecular complexity index is 570. The lowest BCUT2D eigenvalue weighted by Gasteiger charge is -2.30. The number of hydrogen-bond donors (Lipinski definition) is 1. The summed E-state index contributed by atoms with van der Waals surface area (Å²) < 4.78 is 31.5. The molecule has 1 aliphatic rings. The molecule has 1 N–H and O–H groups in total. The molecule has 1 aromatic rings. The van der Waals surface area contributed by atoms with Crippen molar-refractivity contribution in [3.63, 3.8) is 0 Å². The minimum atomic E-state index is -3.81. The van der Waals surface area contributed by atoms with Crippen molar-refractivity contribution in [2.45, 2.75) is 6.61 Å². The van der Waals surface area contributed by atoms with Gasteiger partial charge < -0.3 is 10.1 Å². The standard InChI is InChI=1S/C13H19N3O4S/c1-15(21(18,19)16-9-7-14-8-10-16)13(17)20-11-12-5-3-2-4-6-12/h2-6,14H,7-11H2,1H3. The molecule has 21 heavy (non-hydrogen) atoms. The fourth-order valence-electron chi connectivity index (χ4n) is 1.95. The van der Waals surface area contributed by atoms with Crippen molar-refractivity contribution in [2.24, 2.45) is 0 Å². The molecule has 2 rings (SSSR count). The molecule has 0 aromatic heterocycles. The van der Waals surface area contributed by atoms with Crippen LogP contribution in [0.3, 0.4) is 0 Å². The quantitative estimate of drug-likeness (QED) is 0.871. The summed E-state index contributed by atoms with van der Waals surface area (Å²) in [5, 5.41) is 3.06. The molecule has 0 unspecified atom stereocenters. The molecule has 1 aromatic carbocycles. The molecule has 116 valence electrons. The van der Waals surface area contributed by atoms with E-state index in [1.54, 1.807) is 12.1 Å². The zero-order chi connectivity index (χ0) is 15.3. The minimum absolute atomic E-state index is 0.0427. The molecule has 8 heteroatoms. The predicted molar refractivity (Wildman–Crippen MR) is 77.8 cm³/mol. The third-order valence-electron chi connectivity index (χ3n) is 3.21. The van der Waals surface area contributed by atoms with Crippen molar-refractivity contribution in [3.8, 4) is 0 Å². The van der Waals surface area contributed by atoms with Crippen molar-refractivity contribution in [1.29, 1.82) is 0 Å². The lowest BCUT2D eigenvalue weighted by molar-refractivity contribution is 0.122. The van der Waals surface area contributed by atoms with Crippen LogP contribution in [-0.4, -0.2) is 56.3 Å². The fourth-order valence-corrected chi connectivity index (χ4v) is 3.18. The minimum Gasteiger partial charge on any atom is -0.444 e. The summed E-state index contributed by atoms with van der Waals surface area (Å²) in [6, 6.07) is 9.11. The lowest BCUT2D eigenvalue weighted by Crippen LogP contribution is -2.52. The van der Waals surface area contributed by atoms with Gasteiger partial charge in [-0.25, -0.2) is 4.79 Å². The lowest BCUT2D eigenvalue weighted by atomic mass is 10.2. The van der Waals surface area contributed by atoms with Gasteiger partial charge in [0.15, 0.2) is 0 Å². The Morgan fingerprint density at radius 3 is 2.52 bits per heavy atom. The van der Waals surface area contributed by atoms with Crippen molar-refractivity contribution < 1.29 is 17.9 Å². The van der Waals surface area contributed by atoms with Gasteiger partial charge in [0, 0.05) is 33.2 Å². The number of amides is 1. The van der Waals surface area contributed by atoms with Crippen LogP contribution in [0.5, 0.6) is 0 Å². The second-order valence-corrected chi connectivity index (χ2v) is 6.62. The third kappa shape index (κ3) is 3.93. The Morgan fingerprint density at radius 1 is 1.29 bits per heavy atom. The van der Waals surface area contributed by atoms with Gasteiger partial charge in [-0.1, -0.05) is 30.3 Å². The maximum Gasteiger partial charge on any atom is 0.424 e. The highest BCUT2D eigenvalue weighted by Gasteiger charge is 2.32. The van der Waals surface area contributed by atoms with Gasteiger partial charge in [0.05, 0.1) is 0 Å². The Balaban J connectivity index is 1.94. The van der Waals surface area contributed by atoms with Crippen molar-refractivity contribution in [3.05, 3.63) is 35.9 Å². The van der Waals surface area contributed by atoms with E-state index in [0.29, 0.717) is 30.5 Å². The second-order valence-electron chi connectivity index (χ2n) is 4.66. The van der Waals surface area contributed by atoms with E-state index in [4.69, 9.17) is 4.74 Å². The molecule has 0 aliphatic carbocycles. The predicted octanol–water partition coefficient (Wildman–Crippen LogP) is 0.405. The summed E-state index contributed by atoms with van der Waals surface area (Å²) in [6.45, 7) is 1.89. The first-order valence-electron chi connectivity index (χ1n) is 6.67. The smallest absolute Gasteiger partial charge is 0.424 e. The maximum absolute atomic E-state index is 12.3. The van der Waals surface area contributed by atoms with Gasteiger partial charge >= 0.3 is 16.3 Å². The van der Waals surface area contributed by atoms with Crippen LogP contribution in [0.25, 0.3) is 0 Å². The molecule has 7 nitrogen and oxygen atoms in total. The SMILES string of the molecule is CN(C(=O)OCc1ccccc1)S(=O)(=O)N1CCNCC1. The number of nitrogens with zero attached hydrogens (tertiary/aromatic N) is 2. The molecule has 1 amide bonds. The van der Waals surface area contributed by atoms with Crippen LogP contribution in [0.2, 0.25) is 0 Å². The van der Waals surface area contributed by atoms with Crippen molar-refractivity contribution in [1.82, 2.24) is 13.9 Å². The summed E-state index contributed by atoms with van der Waals surface area (Å²) in [4.78, 5) is 11.9. The van der Waals surface area contributed by atoms with E-state index in [-0.39, 0.29) is 6.61 Å². The number of rotatable bonds is 4. The molecule has 0 bridgehead atoms. The number of benzene rings is 1. The topological polar surface area (TPSA) is 79.0 Å². The number of hydrogen-bond acceptors (Lipinski definition) is 5. The molecule has 1 saturated heterocycles. The average Bonchev–Trinajstić information content (AvgIpc) is 2.53. The van der Waals surface area contributed by atoms with Gasteiger partial charge in [0.2, 0.25) is 0 Å². The van der Waals surface area contributed by atoms with Gasteiger partial charge in [-0.05, 0) is 5.56 Å². The first-order chi connectivity index (χ1) is 10.0. The van der Waals surface area contributed by atoms with Crippen LogP contribution in [0.15, 0.2) is 30.3 Å². The summed E-state index contributed by atoms with van der Waals surface area (Å²) in [7, 11) is -2.60. The first kappa shape index (κ1) is 15.7. The molecule has 0 spiro atoms. The second kappa shape index (κ2) is 6.88. The molecule has 0 saturated carbocycles. The van der Waals surface area contributed by atoms with Crippen LogP contribution < -0.4 is 5.32 Å². The molecule has 0 radical (unpaired) electrons. The number of nitrogens with one attached hydrogen (secondary N) is 1. The van der Waals surface area contributed by atoms with E-state index in [2.05, 4.69) is 5.32 Å². The maximum atomic E-state index is 12.3.